The number of hydrogen-bond donors (Lipinski definition) is 4. The third-order valence-corrected chi connectivity index (χ3v) is 3.19. The summed E-state index contributed by atoms with van der Waals surface area (Å²) in [6.45, 7) is 3.86. The number of nitrogens with two attached hydrogens (primary N) is 2. The number of urea groups is 1. The monoisotopic (exact) mass is 330 g/mol. The number of hydrogen-bond acceptors (Lipinski definition) is 4. The number of benzene rings is 1. The number of para-hydroxylation sites is 1. The van der Waals surface area contributed by atoms with Gasteiger partial charge in [0, 0.05) is 5.56 Å². The number of carbonyl (C=O) groups excluding carboxylic acids is 2. The third-order valence-electron chi connectivity index (χ3n) is 3.19. The van der Waals surface area contributed by atoms with E-state index in [0.29, 0.717) is 22.8 Å². The average Bonchev–Trinajstić information content (AvgIpc) is 2.96. The summed E-state index contributed by atoms with van der Waals surface area (Å²) >= 11 is 0. The fourth-order valence-electron chi connectivity index (χ4n) is 2.05. The number of carbonyl (C=O) groups is 2. The lowest BCUT2D eigenvalue weighted by Gasteiger charge is -2.11. The van der Waals surface area contributed by atoms with E-state index >= 15 is 0 Å². The molecular formula is C16H18N4O4. The number of primary amides is 2. The maximum absolute atomic E-state index is 11.5. The molecule has 0 aliphatic rings. The zero-order valence-corrected chi connectivity index (χ0v) is 13.1. The van der Waals surface area contributed by atoms with Gasteiger partial charge in [0.2, 0.25) is 0 Å². The molecular weight excluding hydrogens is 312 g/mol. The summed E-state index contributed by atoms with van der Waals surface area (Å²) < 4.78 is 10.6. The maximum Gasteiger partial charge on any atom is 0.317 e. The van der Waals surface area contributed by atoms with E-state index in [-0.39, 0.29) is 18.0 Å². The van der Waals surface area contributed by atoms with E-state index in [1.807, 2.05) is 0 Å². The van der Waals surface area contributed by atoms with Crippen molar-refractivity contribution in [1.82, 2.24) is 4.98 Å². The van der Waals surface area contributed by atoms with Gasteiger partial charge in [-0.25, -0.2) is 4.79 Å². The summed E-state index contributed by atoms with van der Waals surface area (Å²) in [5, 5.41) is 2.33. The lowest BCUT2D eigenvalue weighted by Crippen LogP contribution is -2.22. The summed E-state index contributed by atoms with van der Waals surface area (Å²) in [6.07, 6.45) is 0. The van der Waals surface area contributed by atoms with Crippen LogP contribution in [0.25, 0.3) is 11.3 Å². The Morgan fingerprint density at radius 1 is 1.29 bits per heavy atom. The largest absolute Gasteiger partial charge is 0.498 e. The molecule has 126 valence electrons. The van der Waals surface area contributed by atoms with Gasteiger partial charge < -0.3 is 25.9 Å². The van der Waals surface area contributed by atoms with E-state index < -0.39 is 11.9 Å². The summed E-state index contributed by atoms with van der Waals surface area (Å²) in [7, 11) is 1.50. The zero-order valence-electron chi connectivity index (χ0n) is 13.1. The lowest BCUT2D eigenvalue weighted by atomic mass is 10.1. The second-order valence-electron chi connectivity index (χ2n) is 4.85. The molecule has 1 heterocycles. The molecule has 0 atom stereocenters. The van der Waals surface area contributed by atoms with Crippen LogP contribution in [0.5, 0.6) is 5.75 Å². The predicted octanol–water partition coefficient (Wildman–Crippen LogP) is 1.81. The fraction of sp³-hybridized carbons (Fsp3) is 0.125. The van der Waals surface area contributed by atoms with Gasteiger partial charge in [-0.2, -0.15) is 0 Å². The molecule has 0 radical (unpaired) electrons. The van der Waals surface area contributed by atoms with E-state index in [0.717, 1.165) is 0 Å². The summed E-state index contributed by atoms with van der Waals surface area (Å²) in [6, 6.07) is 7.85. The molecule has 0 saturated carbocycles. The molecule has 8 heteroatoms. The first kappa shape index (κ1) is 16.9. The highest BCUT2D eigenvalue weighted by Gasteiger charge is 2.17. The normalized spacial score (nSPS) is 10.0. The molecule has 1 aromatic carbocycles. The molecule has 0 saturated heterocycles. The lowest BCUT2D eigenvalue weighted by molar-refractivity contribution is 0.100. The molecule has 0 aliphatic heterocycles. The Hall–Kier alpha value is -3.42. The average molecular weight is 330 g/mol. The van der Waals surface area contributed by atoms with E-state index in [1.54, 1.807) is 24.3 Å². The predicted molar refractivity (Wildman–Crippen MR) is 89.6 cm³/mol. The van der Waals surface area contributed by atoms with E-state index in [1.165, 1.54) is 13.2 Å². The zero-order chi connectivity index (χ0) is 17.7. The molecule has 0 unspecified atom stereocenters. The van der Waals surface area contributed by atoms with Crippen molar-refractivity contribution in [1.29, 1.82) is 0 Å². The van der Waals surface area contributed by atoms with Crippen molar-refractivity contribution in [2.24, 2.45) is 11.5 Å². The minimum Gasteiger partial charge on any atom is -0.498 e. The standard InChI is InChI=1S/C16H18N4O4/c1-9(23-2)8-24-13-6-4-3-5-10(13)12-7-11(14(17)21)15(19-12)20-16(18)22/h3-7,19H,1,8H2,2H3,(H2,17,21)(H3,18,20,22). The molecule has 2 aromatic rings. The Morgan fingerprint density at radius 3 is 2.62 bits per heavy atom. The van der Waals surface area contributed by atoms with Gasteiger partial charge in [-0.15, -0.1) is 0 Å². The van der Waals surface area contributed by atoms with Gasteiger partial charge in [-0.3, -0.25) is 10.1 Å². The van der Waals surface area contributed by atoms with Crippen LogP contribution in [0.2, 0.25) is 0 Å². The van der Waals surface area contributed by atoms with Crippen LogP contribution in [0, 0.1) is 0 Å². The smallest absolute Gasteiger partial charge is 0.317 e. The summed E-state index contributed by atoms with van der Waals surface area (Å²) in [4.78, 5) is 25.5. The number of H-pyrrole nitrogens is 1. The Kier molecular flexibility index (Phi) is 5.10. The van der Waals surface area contributed by atoms with Crippen LogP contribution in [0.15, 0.2) is 42.7 Å². The fourth-order valence-corrected chi connectivity index (χ4v) is 2.05. The van der Waals surface area contributed by atoms with Crippen LogP contribution in [0.3, 0.4) is 0 Å². The van der Waals surface area contributed by atoms with Crippen molar-refractivity contribution in [3.8, 4) is 17.0 Å². The summed E-state index contributed by atoms with van der Waals surface area (Å²) in [5.74, 6) is 0.428. The van der Waals surface area contributed by atoms with Crippen molar-refractivity contribution in [2.75, 3.05) is 19.0 Å². The Labute approximate surface area is 138 Å². The minimum absolute atomic E-state index is 0.111. The number of nitrogens with one attached hydrogen (secondary N) is 2. The molecule has 0 fully saturated rings. The van der Waals surface area contributed by atoms with Gasteiger partial charge in [0.25, 0.3) is 5.91 Å². The highest BCUT2D eigenvalue weighted by atomic mass is 16.5. The van der Waals surface area contributed by atoms with Gasteiger partial charge in [0.15, 0.2) is 0 Å². The van der Waals surface area contributed by atoms with Crippen molar-refractivity contribution in [3.63, 3.8) is 0 Å². The van der Waals surface area contributed by atoms with Gasteiger partial charge >= 0.3 is 6.03 Å². The van der Waals surface area contributed by atoms with Crippen LogP contribution in [-0.4, -0.2) is 30.6 Å². The maximum atomic E-state index is 11.5. The molecule has 0 bridgehead atoms. The van der Waals surface area contributed by atoms with Gasteiger partial charge in [-0.1, -0.05) is 18.7 Å². The molecule has 0 spiro atoms. The number of aromatic nitrogens is 1. The van der Waals surface area contributed by atoms with Crippen molar-refractivity contribution in [2.45, 2.75) is 0 Å². The van der Waals surface area contributed by atoms with Crippen LogP contribution in [0.1, 0.15) is 10.4 Å². The van der Waals surface area contributed by atoms with Crippen LogP contribution < -0.4 is 21.5 Å². The number of rotatable bonds is 7. The first-order valence-electron chi connectivity index (χ1n) is 6.95. The highest BCUT2D eigenvalue weighted by molar-refractivity contribution is 6.03. The van der Waals surface area contributed by atoms with E-state index in [2.05, 4.69) is 16.9 Å². The minimum atomic E-state index is -0.813. The molecule has 3 amide bonds. The first-order chi connectivity index (χ1) is 11.4. The number of amides is 3. The molecule has 1 aromatic heterocycles. The van der Waals surface area contributed by atoms with Gasteiger partial charge in [-0.05, 0) is 18.2 Å². The van der Waals surface area contributed by atoms with Crippen LogP contribution >= 0.6 is 0 Å². The number of methoxy groups -OCH3 is 1. The SMILES string of the molecule is C=C(COc1ccccc1-c1cc(C(N)=O)c(NC(N)=O)[nH]1)OC. The molecule has 2 rings (SSSR count). The van der Waals surface area contributed by atoms with Gasteiger partial charge in [0.05, 0.1) is 18.4 Å². The first-order valence-corrected chi connectivity index (χ1v) is 6.95. The molecule has 8 nitrogen and oxygen atoms in total. The van der Waals surface area contributed by atoms with E-state index in [4.69, 9.17) is 20.9 Å². The Bertz CT molecular complexity index is 782. The number of anilines is 1. The molecule has 24 heavy (non-hydrogen) atoms. The highest BCUT2D eigenvalue weighted by Crippen LogP contribution is 2.32. The van der Waals surface area contributed by atoms with Crippen LogP contribution in [-0.2, 0) is 4.74 Å². The molecule has 6 N–H and O–H groups in total. The quantitative estimate of drug-likeness (QED) is 0.576. The summed E-state index contributed by atoms with van der Waals surface area (Å²) in [5.41, 5.74) is 11.7. The second kappa shape index (κ2) is 7.23. The van der Waals surface area contributed by atoms with E-state index in [9.17, 15) is 9.59 Å². The molecule has 0 aliphatic carbocycles. The number of ether oxygens (including phenoxy) is 2. The van der Waals surface area contributed by atoms with Crippen molar-refractivity contribution >= 4 is 17.8 Å². The second-order valence-corrected chi connectivity index (χ2v) is 4.85. The Balaban J connectivity index is 2.39. The third kappa shape index (κ3) is 3.86. The van der Waals surface area contributed by atoms with Crippen molar-refractivity contribution in [3.05, 3.63) is 48.2 Å². The number of aromatic amines is 1. The Morgan fingerprint density at radius 2 is 2.00 bits per heavy atom. The van der Waals surface area contributed by atoms with Gasteiger partial charge in [0.1, 0.15) is 23.9 Å². The topological polar surface area (TPSA) is 132 Å². The van der Waals surface area contributed by atoms with Crippen LogP contribution in [0.4, 0.5) is 10.6 Å². The van der Waals surface area contributed by atoms with Crippen molar-refractivity contribution < 1.29 is 19.1 Å².